The van der Waals surface area contributed by atoms with Crippen LogP contribution < -0.4 is 9.03 Å². The molecule has 108 valence electrons. The lowest BCUT2D eigenvalue weighted by molar-refractivity contribution is 0.598. The van der Waals surface area contributed by atoms with Crippen LogP contribution in [-0.2, 0) is 20.0 Å². The first-order valence-corrected chi connectivity index (χ1v) is 8.81. The predicted octanol–water partition coefficient (Wildman–Crippen LogP) is 0.983. The second kappa shape index (κ2) is 5.33. The third-order valence-electron chi connectivity index (χ3n) is 2.44. The molecule has 0 aromatic heterocycles. The van der Waals surface area contributed by atoms with Gasteiger partial charge in [0.25, 0.3) is 0 Å². The van der Waals surface area contributed by atoms with Crippen molar-refractivity contribution in [3.8, 4) is 0 Å². The molecule has 1 rings (SSSR count). The Morgan fingerprint density at radius 2 is 1.84 bits per heavy atom. The Morgan fingerprint density at radius 1 is 1.26 bits per heavy atom. The smallest absolute Gasteiger partial charge is 0.232 e. The van der Waals surface area contributed by atoms with Crippen LogP contribution in [0.15, 0.2) is 18.2 Å². The fourth-order valence-corrected chi connectivity index (χ4v) is 2.44. The minimum atomic E-state index is -3.63. The number of halogens is 1. The maximum Gasteiger partial charge on any atom is 0.232 e. The zero-order valence-corrected chi connectivity index (χ0v) is 12.3. The molecule has 19 heavy (non-hydrogen) atoms. The van der Waals surface area contributed by atoms with Crippen LogP contribution in [0.1, 0.15) is 6.92 Å². The summed E-state index contributed by atoms with van der Waals surface area (Å²) in [4.78, 5) is 0. The van der Waals surface area contributed by atoms with Crippen molar-refractivity contribution in [2.24, 2.45) is 0 Å². The SMILES string of the molecule is CCS(=O)(=O)Nc1cc(F)ccc1N(C)S(C)(=O)=O. The number of nitrogens with zero attached hydrogens (tertiary/aromatic N) is 1. The summed E-state index contributed by atoms with van der Waals surface area (Å²) in [6, 6.07) is 3.19. The van der Waals surface area contributed by atoms with Gasteiger partial charge in [0.1, 0.15) is 5.82 Å². The Labute approximate surface area is 112 Å². The van der Waals surface area contributed by atoms with Crippen LogP contribution in [0.2, 0.25) is 0 Å². The summed E-state index contributed by atoms with van der Waals surface area (Å²) in [6.07, 6.45) is 0.967. The lowest BCUT2D eigenvalue weighted by Gasteiger charge is -2.20. The average molecular weight is 310 g/mol. The van der Waals surface area contributed by atoms with Crippen LogP contribution in [0, 0.1) is 5.82 Å². The van der Waals surface area contributed by atoms with E-state index in [9.17, 15) is 21.2 Å². The number of anilines is 2. The standard InChI is InChI=1S/C10H15FN2O4S2/c1-4-19(16,17)12-9-7-8(11)5-6-10(9)13(2)18(3,14)15/h5-7,12H,4H2,1-3H3. The highest BCUT2D eigenvalue weighted by Crippen LogP contribution is 2.28. The minimum absolute atomic E-state index is 0.0564. The van der Waals surface area contributed by atoms with E-state index >= 15 is 0 Å². The van der Waals surface area contributed by atoms with E-state index in [0.29, 0.717) is 0 Å². The Hall–Kier alpha value is -1.35. The van der Waals surface area contributed by atoms with Crippen LogP contribution >= 0.6 is 0 Å². The summed E-state index contributed by atoms with van der Waals surface area (Å²) < 4.78 is 62.1. The van der Waals surface area contributed by atoms with Crippen LogP contribution in [0.4, 0.5) is 15.8 Å². The summed E-state index contributed by atoms with van der Waals surface area (Å²) in [7, 11) is -5.95. The molecule has 0 radical (unpaired) electrons. The van der Waals surface area contributed by atoms with Gasteiger partial charge in [-0.15, -0.1) is 0 Å². The van der Waals surface area contributed by atoms with Gasteiger partial charge in [0, 0.05) is 13.1 Å². The molecule has 0 saturated heterocycles. The first-order chi connectivity index (χ1) is 8.57. The molecule has 0 fully saturated rings. The van der Waals surface area contributed by atoms with E-state index in [-0.39, 0.29) is 17.1 Å². The van der Waals surface area contributed by atoms with Gasteiger partial charge in [-0.1, -0.05) is 0 Å². The molecule has 0 atom stereocenters. The Morgan fingerprint density at radius 3 is 2.32 bits per heavy atom. The first kappa shape index (κ1) is 15.7. The van der Waals surface area contributed by atoms with E-state index in [4.69, 9.17) is 0 Å². The van der Waals surface area contributed by atoms with E-state index in [2.05, 4.69) is 4.72 Å². The maximum atomic E-state index is 13.2. The molecular formula is C10H15FN2O4S2. The normalized spacial score (nSPS) is 12.2. The number of rotatable bonds is 5. The number of hydrogen-bond acceptors (Lipinski definition) is 4. The van der Waals surface area contributed by atoms with E-state index in [1.54, 1.807) is 0 Å². The van der Waals surface area contributed by atoms with Gasteiger partial charge in [-0.2, -0.15) is 0 Å². The zero-order valence-electron chi connectivity index (χ0n) is 10.7. The van der Waals surface area contributed by atoms with Gasteiger partial charge in [-0.3, -0.25) is 9.03 Å². The first-order valence-electron chi connectivity index (χ1n) is 5.31. The number of hydrogen-bond donors (Lipinski definition) is 1. The summed E-state index contributed by atoms with van der Waals surface area (Å²) >= 11 is 0. The van der Waals surface area contributed by atoms with E-state index < -0.39 is 25.9 Å². The fourth-order valence-electron chi connectivity index (χ4n) is 1.28. The summed E-state index contributed by atoms with van der Waals surface area (Å²) in [6.45, 7) is 1.42. The third kappa shape index (κ3) is 4.06. The molecule has 0 aliphatic rings. The lowest BCUT2D eigenvalue weighted by Crippen LogP contribution is -2.26. The van der Waals surface area contributed by atoms with Crippen molar-refractivity contribution in [2.45, 2.75) is 6.92 Å². The number of nitrogens with one attached hydrogen (secondary N) is 1. The lowest BCUT2D eigenvalue weighted by atomic mass is 10.2. The quantitative estimate of drug-likeness (QED) is 0.879. The second-order valence-electron chi connectivity index (χ2n) is 3.90. The summed E-state index contributed by atoms with van der Waals surface area (Å²) in [5.41, 5.74) is -0.0595. The van der Waals surface area contributed by atoms with Crippen molar-refractivity contribution < 1.29 is 21.2 Å². The molecule has 0 aliphatic carbocycles. The van der Waals surface area contributed by atoms with Crippen molar-refractivity contribution in [3.63, 3.8) is 0 Å². The van der Waals surface area contributed by atoms with E-state index in [1.165, 1.54) is 20.0 Å². The molecule has 9 heteroatoms. The highest BCUT2D eigenvalue weighted by Gasteiger charge is 2.19. The maximum absolute atomic E-state index is 13.2. The van der Waals surface area contributed by atoms with Crippen LogP contribution in [0.5, 0.6) is 0 Å². The van der Waals surface area contributed by atoms with Gasteiger partial charge in [-0.05, 0) is 19.1 Å². The molecule has 1 aromatic carbocycles. The van der Waals surface area contributed by atoms with Gasteiger partial charge < -0.3 is 0 Å². The molecule has 1 N–H and O–H groups in total. The van der Waals surface area contributed by atoms with E-state index in [0.717, 1.165) is 22.7 Å². The third-order valence-corrected chi connectivity index (χ3v) is 4.92. The second-order valence-corrected chi connectivity index (χ2v) is 7.92. The van der Waals surface area contributed by atoms with Crippen molar-refractivity contribution >= 4 is 31.4 Å². The van der Waals surface area contributed by atoms with Crippen molar-refractivity contribution in [1.29, 1.82) is 0 Å². The molecule has 0 saturated carbocycles. The van der Waals surface area contributed by atoms with E-state index in [1.807, 2.05) is 0 Å². The molecule has 0 bridgehead atoms. The van der Waals surface area contributed by atoms with Crippen molar-refractivity contribution in [3.05, 3.63) is 24.0 Å². The Balaban J connectivity index is 3.35. The summed E-state index contributed by atoms with van der Waals surface area (Å²) in [5.74, 6) is -0.870. The van der Waals surface area contributed by atoms with Crippen LogP contribution in [0.3, 0.4) is 0 Å². The van der Waals surface area contributed by atoms with Gasteiger partial charge >= 0.3 is 0 Å². The van der Waals surface area contributed by atoms with Crippen LogP contribution in [0.25, 0.3) is 0 Å². The Bertz CT molecular complexity index is 671. The molecule has 0 aliphatic heterocycles. The van der Waals surface area contributed by atoms with Crippen LogP contribution in [-0.4, -0.2) is 35.9 Å². The predicted molar refractivity (Wildman–Crippen MR) is 72.7 cm³/mol. The molecule has 0 amide bonds. The molecule has 6 nitrogen and oxygen atoms in total. The van der Waals surface area contributed by atoms with Gasteiger partial charge in [0.05, 0.1) is 23.4 Å². The minimum Gasteiger partial charge on any atom is -0.281 e. The molecular weight excluding hydrogens is 295 g/mol. The highest BCUT2D eigenvalue weighted by molar-refractivity contribution is 7.93. The molecule has 0 spiro atoms. The monoisotopic (exact) mass is 310 g/mol. The largest absolute Gasteiger partial charge is 0.281 e. The molecule has 0 heterocycles. The number of sulfonamides is 2. The molecule has 1 aromatic rings. The van der Waals surface area contributed by atoms with Crippen molar-refractivity contribution in [1.82, 2.24) is 0 Å². The van der Waals surface area contributed by atoms with Gasteiger partial charge in [0.2, 0.25) is 20.0 Å². The summed E-state index contributed by atoms with van der Waals surface area (Å²) in [5, 5.41) is 0. The number of benzene rings is 1. The zero-order chi connectivity index (χ0) is 14.8. The Kier molecular flexibility index (Phi) is 4.41. The van der Waals surface area contributed by atoms with Crippen molar-refractivity contribution in [2.75, 3.05) is 28.1 Å². The fraction of sp³-hybridized carbons (Fsp3) is 0.400. The van der Waals surface area contributed by atoms with Gasteiger partial charge in [0.15, 0.2) is 0 Å². The highest BCUT2D eigenvalue weighted by atomic mass is 32.2. The van der Waals surface area contributed by atoms with Gasteiger partial charge in [-0.25, -0.2) is 21.2 Å². The average Bonchev–Trinajstić information content (AvgIpc) is 2.27. The molecule has 0 unspecified atom stereocenters. The topological polar surface area (TPSA) is 83.6 Å².